The molecule has 0 bridgehead atoms. The topological polar surface area (TPSA) is 84.7 Å². The Bertz CT molecular complexity index is 603. The number of piperidine rings is 1. The fraction of sp³-hybridized carbons (Fsp3) is 0.571. The minimum atomic E-state index is -3.71. The zero-order chi connectivity index (χ0) is 15.6. The van der Waals surface area contributed by atoms with Crippen LogP contribution in [0, 0.1) is 0 Å². The second-order valence-electron chi connectivity index (χ2n) is 5.60. The van der Waals surface area contributed by atoms with Crippen molar-refractivity contribution in [2.45, 2.75) is 36.7 Å². The lowest BCUT2D eigenvalue weighted by molar-refractivity contribution is 0.190. The van der Waals surface area contributed by atoms with E-state index < -0.39 is 10.0 Å². The van der Waals surface area contributed by atoms with Crippen LogP contribution in [0.2, 0.25) is 0 Å². The number of hydrogen-bond donors (Lipinski definition) is 2. The van der Waals surface area contributed by atoms with Gasteiger partial charge in [-0.25, -0.2) is 13.6 Å². The Labute approximate surface area is 126 Å². The van der Waals surface area contributed by atoms with Crippen LogP contribution in [0.25, 0.3) is 0 Å². The van der Waals surface area contributed by atoms with Gasteiger partial charge in [0.15, 0.2) is 0 Å². The maximum Gasteiger partial charge on any atom is 0.238 e. The summed E-state index contributed by atoms with van der Waals surface area (Å²) in [5.41, 5.74) is 0.672. The van der Waals surface area contributed by atoms with E-state index in [-0.39, 0.29) is 4.90 Å². The molecule has 2 unspecified atom stereocenters. The van der Waals surface area contributed by atoms with Gasteiger partial charge in [0.25, 0.3) is 0 Å². The molecule has 1 aliphatic heterocycles. The molecule has 1 aromatic carbocycles. The highest BCUT2D eigenvalue weighted by molar-refractivity contribution is 7.89. The Morgan fingerprint density at radius 3 is 2.71 bits per heavy atom. The van der Waals surface area contributed by atoms with E-state index in [0.717, 1.165) is 19.4 Å². The van der Waals surface area contributed by atoms with Gasteiger partial charge in [-0.1, -0.05) is 0 Å². The molecule has 0 spiro atoms. The average Bonchev–Trinajstić information content (AvgIpc) is 2.42. The van der Waals surface area contributed by atoms with Crippen molar-refractivity contribution >= 4 is 15.7 Å². The molecule has 0 amide bonds. The van der Waals surface area contributed by atoms with E-state index in [1.165, 1.54) is 12.1 Å². The van der Waals surface area contributed by atoms with Crippen LogP contribution in [-0.2, 0) is 10.0 Å². The van der Waals surface area contributed by atoms with Gasteiger partial charge in [-0.05, 0) is 45.0 Å². The van der Waals surface area contributed by atoms with Crippen LogP contribution in [0.5, 0.6) is 5.75 Å². The quantitative estimate of drug-likeness (QED) is 0.873. The van der Waals surface area contributed by atoms with Crippen LogP contribution in [0.3, 0.4) is 0 Å². The number of methoxy groups -OCH3 is 1. The van der Waals surface area contributed by atoms with Crippen molar-refractivity contribution in [2.24, 2.45) is 5.14 Å². The summed E-state index contributed by atoms with van der Waals surface area (Å²) in [6.45, 7) is 3.20. The number of hydrogen-bond acceptors (Lipinski definition) is 5. The number of nitrogens with one attached hydrogen (secondary N) is 1. The van der Waals surface area contributed by atoms with Crippen LogP contribution in [0.4, 0.5) is 5.69 Å². The lowest BCUT2D eigenvalue weighted by Crippen LogP contribution is -2.42. The SMILES string of the molecule is COc1ccc(S(N)(=O)=O)cc1NC1CCN(C)C(C)C1. The summed E-state index contributed by atoms with van der Waals surface area (Å²) in [6.07, 6.45) is 2.00. The van der Waals surface area contributed by atoms with Gasteiger partial charge in [0.05, 0.1) is 17.7 Å². The standard InChI is InChI=1S/C14H23N3O3S/c1-10-8-11(6-7-17(10)2)16-13-9-12(21(15,18)19)4-5-14(13)20-3/h4-5,9-11,16H,6-8H2,1-3H3,(H2,15,18,19). The molecular weight excluding hydrogens is 290 g/mol. The molecule has 1 fully saturated rings. The molecule has 118 valence electrons. The van der Waals surface area contributed by atoms with Gasteiger partial charge in [-0.2, -0.15) is 0 Å². The summed E-state index contributed by atoms with van der Waals surface area (Å²) in [5.74, 6) is 0.619. The molecule has 0 aromatic heterocycles. The van der Waals surface area contributed by atoms with E-state index >= 15 is 0 Å². The Morgan fingerprint density at radius 2 is 2.14 bits per heavy atom. The Balaban J connectivity index is 2.22. The molecule has 6 nitrogen and oxygen atoms in total. The highest BCUT2D eigenvalue weighted by Gasteiger charge is 2.23. The number of nitrogens with two attached hydrogens (primary N) is 1. The smallest absolute Gasteiger partial charge is 0.238 e. The van der Waals surface area contributed by atoms with Crippen molar-refractivity contribution in [3.63, 3.8) is 0 Å². The first-order valence-electron chi connectivity index (χ1n) is 6.99. The second kappa shape index (κ2) is 6.21. The largest absolute Gasteiger partial charge is 0.495 e. The summed E-state index contributed by atoms with van der Waals surface area (Å²) in [6, 6.07) is 5.40. The monoisotopic (exact) mass is 313 g/mol. The van der Waals surface area contributed by atoms with Crippen LogP contribution in [0.1, 0.15) is 19.8 Å². The van der Waals surface area contributed by atoms with Crippen LogP contribution in [0.15, 0.2) is 23.1 Å². The number of benzene rings is 1. The summed E-state index contributed by atoms with van der Waals surface area (Å²) < 4.78 is 28.2. The number of rotatable bonds is 4. The van der Waals surface area contributed by atoms with Crippen LogP contribution in [-0.4, -0.2) is 46.1 Å². The van der Waals surface area contributed by atoms with E-state index in [9.17, 15) is 8.42 Å². The summed E-state index contributed by atoms with van der Waals surface area (Å²) in [4.78, 5) is 2.41. The van der Waals surface area contributed by atoms with Gasteiger partial charge in [0, 0.05) is 18.6 Å². The van der Waals surface area contributed by atoms with Gasteiger partial charge < -0.3 is 15.0 Å². The third-order valence-corrected chi connectivity index (χ3v) is 4.98. The second-order valence-corrected chi connectivity index (χ2v) is 7.16. The molecule has 3 N–H and O–H groups in total. The number of anilines is 1. The van der Waals surface area contributed by atoms with E-state index in [2.05, 4.69) is 24.2 Å². The molecular formula is C14H23N3O3S. The molecule has 1 aromatic rings. The summed E-state index contributed by atoms with van der Waals surface area (Å²) >= 11 is 0. The maximum absolute atomic E-state index is 11.5. The fourth-order valence-electron chi connectivity index (χ4n) is 2.62. The lowest BCUT2D eigenvalue weighted by Gasteiger charge is -2.36. The Morgan fingerprint density at radius 1 is 1.43 bits per heavy atom. The third-order valence-electron chi connectivity index (χ3n) is 4.07. The highest BCUT2D eigenvalue weighted by Crippen LogP contribution is 2.29. The molecule has 1 aliphatic rings. The van der Waals surface area contributed by atoms with Gasteiger partial charge in [0.2, 0.25) is 10.0 Å². The van der Waals surface area contributed by atoms with Crippen molar-refractivity contribution in [2.75, 3.05) is 26.0 Å². The van der Waals surface area contributed by atoms with Crippen molar-refractivity contribution < 1.29 is 13.2 Å². The third kappa shape index (κ3) is 3.87. The van der Waals surface area contributed by atoms with Crippen molar-refractivity contribution in [1.29, 1.82) is 0 Å². The molecule has 2 atom stereocenters. The lowest BCUT2D eigenvalue weighted by atomic mass is 9.98. The molecule has 1 heterocycles. The first-order valence-corrected chi connectivity index (χ1v) is 8.53. The van der Waals surface area contributed by atoms with Crippen LogP contribution < -0.4 is 15.2 Å². The van der Waals surface area contributed by atoms with E-state index in [4.69, 9.17) is 9.88 Å². The van der Waals surface area contributed by atoms with Gasteiger partial charge in [-0.15, -0.1) is 0 Å². The first kappa shape index (κ1) is 16.1. The Kier molecular flexibility index (Phi) is 4.75. The zero-order valence-corrected chi connectivity index (χ0v) is 13.5. The number of ether oxygens (including phenoxy) is 1. The fourth-order valence-corrected chi connectivity index (χ4v) is 3.16. The highest BCUT2D eigenvalue weighted by atomic mass is 32.2. The van der Waals surface area contributed by atoms with Crippen molar-refractivity contribution in [1.82, 2.24) is 4.90 Å². The number of primary sulfonamides is 1. The minimum absolute atomic E-state index is 0.0896. The van der Waals surface area contributed by atoms with Crippen molar-refractivity contribution in [3.8, 4) is 5.75 Å². The molecule has 2 rings (SSSR count). The summed E-state index contributed by atoms with van der Waals surface area (Å²) in [5, 5.41) is 8.58. The van der Waals surface area contributed by atoms with Crippen LogP contribution >= 0.6 is 0 Å². The maximum atomic E-state index is 11.5. The van der Waals surface area contributed by atoms with Gasteiger partial charge in [0.1, 0.15) is 5.75 Å². The molecule has 0 saturated carbocycles. The molecule has 7 heteroatoms. The molecule has 21 heavy (non-hydrogen) atoms. The Hall–Kier alpha value is -1.31. The predicted molar refractivity (Wildman–Crippen MR) is 83.1 cm³/mol. The van der Waals surface area contributed by atoms with E-state index in [1.54, 1.807) is 13.2 Å². The zero-order valence-electron chi connectivity index (χ0n) is 12.7. The number of nitrogens with zero attached hydrogens (tertiary/aromatic N) is 1. The van der Waals surface area contributed by atoms with E-state index in [1.807, 2.05) is 0 Å². The predicted octanol–water partition coefficient (Wildman–Crippen LogP) is 1.24. The minimum Gasteiger partial charge on any atom is -0.495 e. The molecule has 0 radical (unpaired) electrons. The summed E-state index contributed by atoms with van der Waals surface area (Å²) in [7, 11) is -0.0364. The molecule has 1 saturated heterocycles. The van der Waals surface area contributed by atoms with Gasteiger partial charge in [-0.3, -0.25) is 0 Å². The number of sulfonamides is 1. The molecule has 0 aliphatic carbocycles. The van der Waals surface area contributed by atoms with E-state index in [0.29, 0.717) is 23.5 Å². The van der Waals surface area contributed by atoms with Crippen molar-refractivity contribution in [3.05, 3.63) is 18.2 Å². The normalized spacial score (nSPS) is 23.8. The van der Waals surface area contributed by atoms with Gasteiger partial charge >= 0.3 is 0 Å². The number of likely N-dealkylation sites (tertiary alicyclic amines) is 1. The average molecular weight is 313 g/mol. The first-order chi connectivity index (χ1) is 9.81.